The van der Waals surface area contributed by atoms with Gasteiger partial charge in [-0.3, -0.25) is 4.90 Å². The third-order valence-electron chi connectivity index (χ3n) is 4.16. The number of ether oxygens (including phenoxy) is 3. The minimum absolute atomic E-state index is 0.0782. The number of likely N-dealkylation sites (N-methyl/N-ethyl adjacent to an activating group) is 1. The molecule has 1 N–H and O–H groups in total. The molecule has 23 heavy (non-hydrogen) atoms. The van der Waals surface area contributed by atoms with Crippen molar-refractivity contribution in [2.24, 2.45) is 0 Å². The highest BCUT2D eigenvalue weighted by Crippen LogP contribution is 2.49. The summed E-state index contributed by atoms with van der Waals surface area (Å²) in [5.74, 6) is 8.52. The molecule has 0 saturated heterocycles. The summed E-state index contributed by atoms with van der Waals surface area (Å²) < 4.78 is 16.7. The van der Waals surface area contributed by atoms with E-state index in [0.717, 1.165) is 24.3 Å². The molecule has 5 heteroatoms. The Morgan fingerprint density at radius 2 is 2.22 bits per heavy atom. The molecule has 5 nitrogen and oxygen atoms in total. The summed E-state index contributed by atoms with van der Waals surface area (Å²) in [6, 6.07) is 1.96. The molecule has 0 saturated carbocycles. The van der Waals surface area contributed by atoms with Gasteiger partial charge >= 0.3 is 0 Å². The van der Waals surface area contributed by atoms with Crippen molar-refractivity contribution in [2.75, 3.05) is 27.5 Å². The van der Waals surface area contributed by atoms with Crippen molar-refractivity contribution in [3.05, 3.63) is 17.2 Å². The van der Waals surface area contributed by atoms with E-state index in [4.69, 9.17) is 14.2 Å². The van der Waals surface area contributed by atoms with Crippen molar-refractivity contribution in [2.45, 2.75) is 38.3 Å². The highest BCUT2D eigenvalue weighted by molar-refractivity contribution is 5.62. The molecule has 124 valence electrons. The summed E-state index contributed by atoms with van der Waals surface area (Å²) in [6.45, 7) is 4.66. The fourth-order valence-electron chi connectivity index (χ4n) is 2.98. The average Bonchev–Trinajstić information content (AvgIpc) is 2.94. The van der Waals surface area contributed by atoms with E-state index in [-0.39, 0.29) is 12.8 Å². The molecule has 0 bridgehead atoms. The van der Waals surface area contributed by atoms with Crippen LogP contribution in [0.15, 0.2) is 6.07 Å². The minimum atomic E-state index is -0.790. The van der Waals surface area contributed by atoms with Crippen LogP contribution in [-0.2, 0) is 6.42 Å². The van der Waals surface area contributed by atoms with Crippen LogP contribution in [0.25, 0.3) is 0 Å². The molecule has 0 spiro atoms. The predicted molar refractivity (Wildman–Crippen MR) is 86.9 cm³/mol. The largest absolute Gasteiger partial charge is 0.492 e. The Kier molecular flexibility index (Phi) is 4.13. The second-order valence-corrected chi connectivity index (χ2v) is 6.66. The van der Waals surface area contributed by atoms with Crippen LogP contribution >= 0.6 is 0 Å². The lowest BCUT2D eigenvalue weighted by molar-refractivity contribution is 0.0861. The summed E-state index contributed by atoms with van der Waals surface area (Å²) in [4.78, 5) is 2.20. The molecule has 0 fully saturated rings. The Morgan fingerprint density at radius 3 is 2.91 bits per heavy atom. The number of aliphatic hydroxyl groups is 1. The third kappa shape index (κ3) is 3.10. The van der Waals surface area contributed by atoms with Gasteiger partial charge in [0.1, 0.15) is 6.04 Å². The Hall–Kier alpha value is -1.90. The molecule has 1 aromatic carbocycles. The van der Waals surface area contributed by atoms with E-state index in [1.165, 1.54) is 5.56 Å². The molecule has 2 aliphatic heterocycles. The van der Waals surface area contributed by atoms with Crippen LogP contribution < -0.4 is 14.2 Å². The van der Waals surface area contributed by atoms with Crippen LogP contribution in [0.1, 0.15) is 37.4 Å². The van der Waals surface area contributed by atoms with E-state index in [1.54, 1.807) is 21.0 Å². The number of nitrogens with zero attached hydrogens (tertiary/aromatic N) is 1. The van der Waals surface area contributed by atoms with Gasteiger partial charge in [0.25, 0.3) is 0 Å². The lowest BCUT2D eigenvalue weighted by atomic mass is 9.91. The lowest BCUT2D eigenvalue weighted by Gasteiger charge is -2.32. The van der Waals surface area contributed by atoms with Gasteiger partial charge in [0.15, 0.2) is 11.5 Å². The molecular weight excluding hydrogens is 294 g/mol. The van der Waals surface area contributed by atoms with Crippen LogP contribution in [0.2, 0.25) is 0 Å². The van der Waals surface area contributed by atoms with Gasteiger partial charge in [-0.2, -0.15) is 0 Å². The van der Waals surface area contributed by atoms with E-state index < -0.39 is 5.60 Å². The fourth-order valence-corrected chi connectivity index (χ4v) is 2.98. The number of benzene rings is 1. The standard InChI is InChI=1S/C18H23NO4/c1-18(2,20)8-5-6-13-15-12(7-9-19(13)3)10-14-16(17(15)21-4)23-11-22-14/h10,13,20H,7-9,11H2,1-4H3/t13-/m0/s1. The smallest absolute Gasteiger partial charge is 0.231 e. The molecule has 0 radical (unpaired) electrons. The normalized spacial score (nSPS) is 19.8. The minimum Gasteiger partial charge on any atom is -0.492 e. The fraction of sp³-hybridized carbons (Fsp3) is 0.556. The van der Waals surface area contributed by atoms with Crippen molar-refractivity contribution in [3.8, 4) is 29.1 Å². The topological polar surface area (TPSA) is 51.2 Å². The van der Waals surface area contributed by atoms with Crippen LogP contribution in [0, 0.1) is 11.8 Å². The Balaban J connectivity index is 2.04. The van der Waals surface area contributed by atoms with Gasteiger partial charge in [-0.15, -0.1) is 0 Å². The van der Waals surface area contributed by atoms with Crippen molar-refractivity contribution < 1.29 is 19.3 Å². The maximum Gasteiger partial charge on any atom is 0.231 e. The van der Waals surface area contributed by atoms with Crippen molar-refractivity contribution >= 4 is 0 Å². The molecular formula is C18H23NO4. The summed E-state index contributed by atoms with van der Waals surface area (Å²) in [7, 11) is 3.70. The quantitative estimate of drug-likeness (QED) is 0.847. The molecule has 0 aliphatic carbocycles. The highest BCUT2D eigenvalue weighted by atomic mass is 16.7. The lowest BCUT2D eigenvalue weighted by Crippen LogP contribution is -2.32. The van der Waals surface area contributed by atoms with Gasteiger partial charge in [-0.05, 0) is 38.9 Å². The van der Waals surface area contributed by atoms with Crippen LogP contribution in [0.3, 0.4) is 0 Å². The summed E-state index contributed by atoms with van der Waals surface area (Å²) in [5, 5.41) is 9.86. The maximum atomic E-state index is 9.86. The van der Waals surface area contributed by atoms with Crippen LogP contribution in [-0.4, -0.2) is 43.1 Å². The van der Waals surface area contributed by atoms with Crippen LogP contribution in [0.4, 0.5) is 0 Å². The first kappa shape index (κ1) is 16.0. The van der Waals surface area contributed by atoms with E-state index in [1.807, 2.05) is 6.07 Å². The van der Waals surface area contributed by atoms with Crippen molar-refractivity contribution in [1.29, 1.82) is 0 Å². The third-order valence-corrected chi connectivity index (χ3v) is 4.16. The maximum absolute atomic E-state index is 9.86. The zero-order chi connectivity index (χ0) is 16.6. The zero-order valence-corrected chi connectivity index (χ0v) is 14.1. The van der Waals surface area contributed by atoms with Gasteiger partial charge in [0.2, 0.25) is 12.5 Å². The van der Waals surface area contributed by atoms with Crippen LogP contribution in [0.5, 0.6) is 17.2 Å². The van der Waals surface area contributed by atoms with E-state index in [9.17, 15) is 5.11 Å². The summed E-state index contributed by atoms with van der Waals surface area (Å²) in [5.41, 5.74) is 1.45. The number of hydrogen-bond donors (Lipinski definition) is 1. The highest BCUT2D eigenvalue weighted by Gasteiger charge is 2.33. The van der Waals surface area contributed by atoms with E-state index >= 15 is 0 Å². The molecule has 3 rings (SSSR count). The SMILES string of the molecule is COc1c2c(cc3c1[C@H](C#CCC(C)(C)O)N(C)CC3)OCO2. The summed E-state index contributed by atoms with van der Waals surface area (Å²) in [6.07, 6.45) is 1.35. The number of fused-ring (bicyclic) bond motifs is 2. The van der Waals surface area contributed by atoms with Gasteiger partial charge in [-0.1, -0.05) is 11.8 Å². The average molecular weight is 317 g/mol. The zero-order valence-electron chi connectivity index (χ0n) is 14.1. The Morgan fingerprint density at radius 1 is 1.43 bits per heavy atom. The molecule has 2 heterocycles. The predicted octanol–water partition coefficient (Wildman–Crippen LogP) is 2.12. The Bertz CT molecular complexity index is 666. The molecule has 2 aliphatic rings. The molecule has 0 unspecified atom stereocenters. The monoisotopic (exact) mass is 317 g/mol. The van der Waals surface area contributed by atoms with Gasteiger partial charge in [0, 0.05) is 18.5 Å². The molecule has 1 aromatic rings. The van der Waals surface area contributed by atoms with Crippen molar-refractivity contribution in [3.63, 3.8) is 0 Å². The first-order valence-electron chi connectivity index (χ1n) is 7.81. The number of rotatable bonds is 2. The van der Waals surface area contributed by atoms with Gasteiger partial charge < -0.3 is 19.3 Å². The molecule has 0 amide bonds. The van der Waals surface area contributed by atoms with Gasteiger partial charge in [0.05, 0.1) is 12.7 Å². The first-order valence-corrected chi connectivity index (χ1v) is 7.81. The van der Waals surface area contributed by atoms with Gasteiger partial charge in [-0.25, -0.2) is 0 Å². The summed E-state index contributed by atoms with van der Waals surface area (Å²) >= 11 is 0. The number of hydrogen-bond acceptors (Lipinski definition) is 5. The number of methoxy groups -OCH3 is 1. The second-order valence-electron chi connectivity index (χ2n) is 6.66. The van der Waals surface area contributed by atoms with E-state index in [2.05, 4.69) is 23.8 Å². The second kappa shape index (κ2) is 5.95. The molecule has 0 aromatic heterocycles. The molecule has 1 atom stereocenters. The first-order chi connectivity index (χ1) is 10.9. The van der Waals surface area contributed by atoms with Crippen molar-refractivity contribution in [1.82, 2.24) is 4.90 Å². The van der Waals surface area contributed by atoms with E-state index in [0.29, 0.717) is 17.9 Å². The Labute approximate surface area is 137 Å².